The second-order valence-electron chi connectivity index (χ2n) is 5.00. The molecular formula is C16H16IN5O. The molecule has 1 heterocycles. The van der Waals surface area contributed by atoms with Crippen LogP contribution < -0.4 is 17.1 Å². The van der Waals surface area contributed by atoms with Crippen LogP contribution in [0.5, 0.6) is 0 Å². The van der Waals surface area contributed by atoms with Crippen LogP contribution >= 0.6 is 22.6 Å². The number of halogens is 1. The number of aromatic nitrogens is 2. The first-order valence-electron chi connectivity index (χ1n) is 7.01. The summed E-state index contributed by atoms with van der Waals surface area (Å²) in [5.41, 5.74) is 7.69. The number of aliphatic hydroxyl groups excluding tert-OH is 1. The van der Waals surface area contributed by atoms with E-state index in [0.717, 1.165) is 5.39 Å². The van der Waals surface area contributed by atoms with Crippen LogP contribution in [-0.2, 0) is 0 Å². The van der Waals surface area contributed by atoms with Crippen molar-refractivity contribution in [1.82, 2.24) is 9.66 Å². The standard InChI is InChI=1S/C16H16IN5O/c17-16(18)21-14-11-8-4-5-9-12(11)20-15(22(14)19)13(23)10-6-2-1-3-7-10/h1-9,13,16,23H,18-19H2/t13-,16?/m0/s1. The van der Waals surface area contributed by atoms with Gasteiger partial charge in [-0.05, 0) is 40.3 Å². The quantitative estimate of drug-likeness (QED) is 0.258. The van der Waals surface area contributed by atoms with Crippen LogP contribution in [0.2, 0.25) is 0 Å². The fraction of sp³-hybridized carbons (Fsp3) is 0.125. The Bertz CT molecular complexity index is 892. The van der Waals surface area contributed by atoms with Gasteiger partial charge in [-0.1, -0.05) is 42.5 Å². The molecule has 0 amide bonds. The molecule has 6 nitrogen and oxygen atoms in total. The van der Waals surface area contributed by atoms with Crippen molar-refractivity contribution in [2.75, 3.05) is 5.84 Å². The lowest BCUT2D eigenvalue weighted by molar-refractivity contribution is 0.205. The number of nitrogen functional groups attached to an aromatic ring is 1. The molecule has 0 fully saturated rings. The van der Waals surface area contributed by atoms with Crippen molar-refractivity contribution in [1.29, 1.82) is 0 Å². The number of fused-ring (bicyclic) bond motifs is 1. The maximum absolute atomic E-state index is 10.7. The van der Waals surface area contributed by atoms with Gasteiger partial charge in [-0.2, -0.15) is 0 Å². The highest BCUT2D eigenvalue weighted by atomic mass is 127. The minimum atomic E-state index is -0.954. The topological polar surface area (TPSA) is 102 Å². The first kappa shape index (κ1) is 15.9. The Morgan fingerprint density at radius 1 is 1.09 bits per heavy atom. The predicted octanol–water partition coefficient (Wildman–Crippen LogP) is 1.41. The first-order chi connectivity index (χ1) is 11.1. The smallest absolute Gasteiger partial charge is 0.163 e. The van der Waals surface area contributed by atoms with E-state index < -0.39 is 10.3 Å². The van der Waals surface area contributed by atoms with Crippen molar-refractivity contribution in [2.45, 2.75) is 10.3 Å². The van der Waals surface area contributed by atoms with E-state index in [9.17, 15) is 5.11 Å². The molecule has 5 N–H and O–H groups in total. The molecule has 0 radical (unpaired) electrons. The van der Waals surface area contributed by atoms with Gasteiger partial charge in [0.05, 0.1) is 5.52 Å². The van der Waals surface area contributed by atoms with E-state index in [1.807, 2.05) is 77.2 Å². The molecule has 0 bridgehead atoms. The summed E-state index contributed by atoms with van der Waals surface area (Å²) in [6.45, 7) is 0. The summed E-state index contributed by atoms with van der Waals surface area (Å²) in [7, 11) is 0. The summed E-state index contributed by atoms with van der Waals surface area (Å²) in [6, 6.07) is 16.7. The van der Waals surface area contributed by atoms with Crippen molar-refractivity contribution >= 4 is 33.5 Å². The fourth-order valence-corrected chi connectivity index (χ4v) is 2.67. The van der Waals surface area contributed by atoms with E-state index in [4.69, 9.17) is 11.6 Å². The number of aliphatic hydroxyl groups is 1. The van der Waals surface area contributed by atoms with E-state index in [1.165, 1.54) is 4.68 Å². The van der Waals surface area contributed by atoms with E-state index in [-0.39, 0.29) is 0 Å². The van der Waals surface area contributed by atoms with Gasteiger partial charge in [0.1, 0.15) is 6.10 Å². The summed E-state index contributed by atoms with van der Waals surface area (Å²) in [6.07, 6.45) is -0.954. The summed E-state index contributed by atoms with van der Waals surface area (Å²) in [4.78, 5) is 8.88. The first-order valence-corrected chi connectivity index (χ1v) is 8.26. The van der Waals surface area contributed by atoms with Crippen LogP contribution in [0, 0.1) is 0 Å². The number of nitrogens with two attached hydrogens (primary N) is 2. The van der Waals surface area contributed by atoms with Crippen molar-refractivity contribution in [3.63, 3.8) is 0 Å². The van der Waals surface area contributed by atoms with Gasteiger partial charge in [-0.25, -0.2) is 14.7 Å². The molecule has 1 unspecified atom stereocenters. The molecule has 0 aliphatic carbocycles. The summed E-state index contributed by atoms with van der Waals surface area (Å²) >= 11 is 2.00. The fourth-order valence-electron chi connectivity index (χ4n) is 2.40. The Morgan fingerprint density at radius 2 is 1.74 bits per heavy atom. The van der Waals surface area contributed by atoms with Crippen LogP contribution in [0.4, 0.5) is 0 Å². The van der Waals surface area contributed by atoms with Gasteiger partial charge in [0, 0.05) is 5.39 Å². The van der Waals surface area contributed by atoms with Crippen LogP contribution in [-0.4, -0.2) is 18.9 Å². The third kappa shape index (κ3) is 3.21. The second-order valence-corrected chi connectivity index (χ2v) is 6.27. The molecule has 0 saturated carbocycles. The predicted molar refractivity (Wildman–Crippen MR) is 97.9 cm³/mol. The van der Waals surface area contributed by atoms with E-state index in [1.54, 1.807) is 0 Å². The molecular weight excluding hydrogens is 405 g/mol. The van der Waals surface area contributed by atoms with Crippen molar-refractivity contribution in [2.24, 2.45) is 10.7 Å². The average Bonchev–Trinajstić information content (AvgIpc) is 2.57. The number of para-hydroxylation sites is 1. The number of alkyl halides is 1. The van der Waals surface area contributed by atoms with Gasteiger partial charge < -0.3 is 16.7 Å². The van der Waals surface area contributed by atoms with E-state index in [2.05, 4.69) is 9.98 Å². The number of nitrogens with zero attached hydrogens (tertiary/aromatic N) is 3. The van der Waals surface area contributed by atoms with Crippen LogP contribution in [0.3, 0.4) is 0 Å². The van der Waals surface area contributed by atoms with Crippen molar-refractivity contribution in [3.05, 3.63) is 71.5 Å². The van der Waals surface area contributed by atoms with Gasteiger partial charge in [0.25, 0.3) is 0 Å². The Labute approximate surface area is 146 Å². The lowest BCUT2D eigenvalue weighted by Crippen LogP contribution is -2.35. The number of hydrogen-bond acceptors (Lipinski definition) is 5. The maximum Gasteiger partial charge on any atom is 0.163 e. The highest BCUT2D eigenvalue weighted by Gasteiger charge is 2.17. The summed E-state index contributed by atoms with van der Waals surface area (Å²) in [5, 5.41) is 11.4. The Hall–Kier alpha value is -1.97. The van der Waals surface area contributed by atoms with Crippen molar-refractivity contribution < 1.29 is 5.11 Å². The lowest BCUT2D eigenvalue weighted by Gasteiger charge is -2.16. The van der Waals surface area contributed by atoms with E-state index >= 15 is 0 Å². The molecule has 3 aromatic rings. The van der Waals surface area contributed by atoms with Gasteiger partial charge in [-0.15, -0.1) is 0 Å². The van der Waals surface area contributed by atoms with Crippen LogP contribution in [0.1, 0.15) is 17.5 Å². The monoisotopic (exact) mass is 421 g/mol. The van der Waals surface area contributed by atoms with Gasteiger partial charge >= 0.3 is 0 Å². The molecule has 3 rings (SSSR count). The largest absolute Gasteiger partial charge is 0.380 e. The molecule has 0 aliphatic rings. The zero-order chi connectivity index (χ0) is 16.4. The Kier molecular flexibility index (Phi) is 4.60. The number of hydrogen-bond donors (Lipinski definition) is 3. The molecule has 1 aromatic heterocycles. The molecule has 0 aliphatic heterocycles. The molecule has 118 valence electrons. The third-order valence-electron chi connectivity index (χ3n) is 3.46. The highest BCUT2D eigenvalue weighted by molar-refractivity contribution is 14.1. The maximum atomic E-state index is 10.7. The van der Waals surface area contributed by atoms with Gasteiger partial charge in [-0.3, -0.25) is 0 Å². The summed E-state index contributed by atoms with van der Waals surface area (Å²) in [5.74, 6) is 6.49. The molecule has 0 spiro atoms. The minimum absolute atomic E-state index is 0.311. The van der Waals surface area contributed by atoms with Crippen molar-refractivity contribution in [3.8, 4) is 0 Å². The van der Waals surface area contributed by atoms with Crippen LogP contribution in [0.25, 0.3) is 10.9 Å². The van der Waals surface area contributed by atoms with Gasteiger partial charge in [0.2, 0.25) is 0 Å². The Balaban J connectivity index is 2.28. The SMILES string of the molecule is NC(I)N=c1c2ccccc2nc([C@@H](O)c2ccccc2)n1N. The molecule has 2 atom stereocenters. The third-order valence-corrected chi connectivity index (χ3v) is 3.74. The van der Waals surface area contributed by atoms with Gasteiger partial charge in [0.15, 0.2) is 15.5 Å². The molecule has 23 heavy (non-hydrogen) atoms. The highest BCUT2D eigenvalue weighted by Crippen LogP contribution is 2.20. The lowest BCUT2D eigenvalue weighted by atomic mass is 10.1. The second kappa shape index (κ2) is 6.65. The summed E-state index contributed by atoms with van der Waals surface area (Å²) < 4.78 is 0.855. The molecule has 7 heteroatoms. The van der Waals surface area contributed by atoms with E-state index in [0.29, 0.717) is 22.4 Å². The minimum Gasteiger partial charge on any atom is -0.380 e. The average molecular weight is 421 g/mol. The normalized spacial score (nSPS) is 14.8. The zero-order valence-corrected chi connectivity index (χ0v) is 14.3. The Morgan fingerprint density at radius 3 is 2.43 bits per heavy atom. The molecule has 0 saturated heterocycles. The zero-order valence-electron chi connectivity index (χ0n) is 12.2. The van der Waals surface area contributed by atoms with Crippen LogP contribution in [0.15, 0.2) is 59.6 Å². The number of rotatable bonds is 3. The molecule has 2 aromatic carbocycles. The number of benzene rings is 2.